The van der Waals surface area contributed by atoms with Crippen LogP contribution in [-0.4, -0.2) is 15.2 Å². The number of anilines is 1. The van der Waals surface area contributed by atoms with E-state index in [1.807, 2.05) is 32.0 Å². The zero-order chi connectivity index (χ0) is 22.3. The Balaban J connectivity index is 1.67. The summed E-state index contributed by atoms with van der Waals surface area (Å²) in [6.07, 6.45) is 1.62. The molecular formula is C23H18N2O4S2. The highest BCUT2D eigenvalue weighted by atomic mass is 32.2. The molecule has 0 radical (unpaired) electrons. The lowest BCUT2D eigenvalue weighted by Crippen LogP contribution is -2.29. The standard InChI is InChI=1S/C23H18N2O4S2/c1-13-7-9-17(18(11-13)25(27)28)19-10-8-16(29-19)12-20-22(26)24(23(30)31-20)21-14(2)5-4-6-15(21)3/h4-12H,1-3H3/b20-12+. The van der Waals surface area contributed by atoms with E-state index < -0.39 is 4.92 Å². The predicted molar refractivity (Wildman–Crippen MR) is 127 cm³/mol. The first-order valence-corrected chi connectivity index (χ1v) is 10.7. The van der Waals surface area contributed by atoms with Crippen molar-refractivity contribution in [1.29, 1.82) is 0 Å². The Morgan fingerprint density at radius 1 is 1.10 bits per heavy atom. The van der Waals surface area contributed by atoms with Crippen molar-refractivity contribution in [2.45, 2.75) is 20.8 Å². The third kappa shape index (κ3) is 3.92. The van der Waals surface area contributed by atoms with Crippen LogP contribution in [0.4, 0.5) is 11.4 Å². The molecule has 156 valence electrons. The average Bonchev–Trinajstić information content (AvgIpc) is 3.28. The fourth-order valence-corrected chi connectivity index (χ4v) is 4.78. The number of nitro groups is 1. The number of benzene rings is 2. The van der Waals surface area contributed by atoms with Gasteiger partial charge in [0.15, 0.2) is 4.32 Å². The lowest BCUT2D eigenvalue weighted by molar-refractivity contribution is -0.384. The molecule has 1 aliphatic rings. The van der Waals surface area contributed by atoms with E-state index in [4.69, 9.17) is 16.6 Å². The van der Waals surface area contributed by atoms with Gasteiger partial charge in [-0.15, -0.1) is 0 Å². The maximum absolute atomic E-state index is 13.1. The van der Waals surface area contributed by atoms with Gasteiger partial charge in [0.25, 0.3) is 11.6 Å². The summed E-state index contributed by atoms with van der Waals surface area (Å²) in [4.78, 5) is 26.1. The number of carbonyl (C=O) groups is 1. The number of thioether (sulfide) groups is 1. The van der Waals surface area contributed by atoms with Gasteiger partial charge in [0.2, 0.25) is 0 Å². The van der Waals surface area contributed by atoms with E-state index in [2.05, 4.69) is 0 Å². The Bertz CT molecular complexity index is 1260. The summed E-state index contributed by atoms with van der Waals surface area (Å²) in [5.74, 6) is 0.571. The number of carbonyl (C=O) groups excluding carboxylic acids is 1. The lowest BCUT2D eigenvalue weighted by Gasteiger charge is -2.19. The van der Waals surface area contributed by atoms with E-state index in [-0.39, 0.29) is 11.6 Å². The minimum absolute atomic E-state index is 0.0257. The van der Waals surface area contributed by atoms with E-state index in [0.29, 0.717) is 26.3 Å². The van der Waals surface area contributed by atoms with E-state index in [1.165, 1.54) is 17.8 Å². The van der Waals surface area contributed by atoms with Crippen LogP contribution >= 0.6 is 24.0 Å². The van der Waals surface area contributed by atoms with Crippen LogP contribution in [0.15, 0.2) is 57.9 Å². The van der Waals surface area contributed by atoms with Crippen LogP contribution in [0.5, 0.6) is 0 Å². The predicted octanol–water partition coefficient (Wildman–Crippen LogP) is 6.19. The molecule has 0 bridgehead atoms. The maximum atomic E-state index is 13.1. The lowest BCUT2D eigenvalue weighted by atomic mass is 10.1. The fourth-order valence-electron chi connectivity index (χ4n) is 3.52. The molecule has 0 aliphatic carbocycles. The molecule has 2 heterocycles. The van der Waals surface area contributed by atoms with Gasteiger partial charge in [-0.1, -0.05) is 48.2 Å². The van der Waals surface area contributed by atoms with Gasteiger partial charge in [-0.2, -0.15) is 0 Å². The van der Waals surface area contributed by atoms with Crippen molar-refractivity contribution in [2.24, 2.45) is 0 Å². The highest BCUT2D eigenvalue weighted by Crippen LogP contribution is 2.39. The molecule has 2 aromatic carbocycles. The van der Waals surface area contributed by atoms with Gasteiger partial charge in [-0.25, -0.2) is 0 Å². The van der Waals surface area contributed by atoms with Crippen molar-refractivity contribution in [3.05, 3.63) is 86.0 Å². The molecule has 0 atom stereocenters. The van der Waals surface area contributed by atoms with Crippen molar-refractivity contribution < 1.29 is 14.1 Å². The van der Waals surface area contributed by atoms with Gasteiger partial charge in [0, 0.05) is 12.1 Å². The molecule has 1 aliphatic heterocycles. The Labute approximate surface area is 188 Å². The van der Waals surface area contributed by atoms with Crippen molar-refractivity contribution in [3.63, 3.8) is 0 Å². The number of furan rings is 1. The molecule has 3 aromatic rings. The highest BCUT2D eigenvalue weighted by molar-refractivity contribution is 8.27. The van der Waals surface area contributed by atoms with Crippen LogP contribution in [0.3, 0.4) is 0 Å². The van der Waals surface area contributed by atoms with Gasteiger partial charge >= 0.3 is 0 Å². The average molecular weight is 451 g/mol. The Kier molecular flexibility index (Phi) is 5.51. The molecule has 4 rings (SSSR count). The van der Waals surface area contributed by atoms with Crippen LogP contribution in [0.1, 0.15) is 22.5 Å². The molecule has 0 spiro atoms. The van der Waals surface area contributed by atoms with Crippen LogP contribution in [-0.2, 0) is 4.79 Å². The number of hydrogen-bond acceptors (Lipinski definition) is 6. The number of hydrogen-bond donors (Lipinski definition) is 0. The monoisotopic (exact) mass is 450 g/mol. The minimum Gasteiger partial charge on any atom is -0.456 e. The van der Waals surface area contributed by atoms with Gasteiger partial charge in [-0.3, -0.25) is 19.8 Å². The molecule has 1 fully saturated rings. The highest BCUT2D eigenvalue weighted by Gasteiger charge is 2.35. The first kappa shape index (κ1) is 21.0. The summed E-state index contributed by atoms with van der Waals surface area (Å²) in [6, 6.07) is 14.1. The molecule has 0 saturated carbocycles. The number of para-hydroxylation sites is 1. The van der Waals surface area contributed by atoms with Crippen LogP contribution in [0, 0.1) is 30.9 Å². The summed E-state index contributed by atoms with van der Waals surface area (Å²) in [6.45, 7) is 5.68. The second-order valence-electron chi connectivity index (χ2n) is 7.24. The summed E-state index contributed by atoms with van der Waals surface area (Å²) in [5, 5.41) is 11.4. The molecule has 31 heavy (non-hydrogen) atoms. The number of nitrogens with zero attached hydrogens (tertiary/aromatic N) is 2. The van der Waals surface area contributed by atoms with E-state index in [9.17, 15) is 14.9 Å². The normalized spacial score (nSPS) is 15.2. The first-order chi connectivity index (χ1) is 14.8. The van der Waals surface area contributed by atoms with Crippen molar-refractivity contribution in [3.8, 4) is 11.3 Å². The summed E-state index contributed by atoms with van der Waals surface area (Å²) in [5.41, 5.74) is 3.87. The summed E-state index contributed by atoms with van der Waals surface area (Å²) >= 11 is 6.68. The molecule has 6 nitrogen and oxygen atoms in total. The Morgan fingerprint density at radius 3 is 2.48 bits per heavy atom. The zero-order valence-corrected chi connectivity index (χ0v) is 18.7. The van der Waals surface area contributed by atoms with Gasteiger partial charge in [0.1, 0.15) is 11.5 Å². The topological polar surface area (TPSA) is 76.6 Å². The second-order valence-corrected chi connectivity index (χ2v) is 8.91. The molecule has 0 N–H and O–H groups in total. The smallest absolute Gasteiger partial charge is 0.280 e. The van der Waals surface area contributed by atoms with Crippen LogP contribution < -0.4 is 4.90 Å². The third-order valence-electron chi connectivity index (χ3n) is 4.97. The quantitative estimate of drug-likeness (QED) is 0.204. The first-order valence-electron chi connectivity index (χ1n) is 9.45. The Morgan fingerprint density at radius 2 is 1.81 bits per heavy atom. The molecule has 1 amide bonds. The Hall–Kier alpha value is -3.23. The second kappa shape index (κ2) is 8.13. The third-order valence-corrected chi connectivity index (χ3v) is 6.27. The van der Waals surface area contributed by atoms with Gasteiger partial charge < -0.3 is 4.42 Å². The van der Waals surface area contributed by atoms with Gasteiger partial charge in [0.05, 0.1) is 21.1 Å². The number of amides is 1. The minimum atomic E-state index is -0.430. The molecule has 8 heteroatoms. The number of thiocarbonyl (C=S) groups is 1. The number of aryl methyl sites for hydroxylation is 3. The van der Waals surface area contributed by atoms with E-state index in [0.717, 1.165) is 22.4 Å². The largest absolute Gasteiger partial charge is 0.456 e. The van der Waals surface area contributed by atoms with E-state index in [1.54, 1.807) is 42.2 Å². The number of nitro benzene ring substituents is 1. The van der Waals surface area contributed by atoms with Gasteiger partial charge in [-0.05, 0) is 55.7 Å². The molecule has 1 saturated heterocycles. The van der Waals surface area contributed by atoms with Crippen molar-refractivity contribution in [2.75, 3.05) is 4.90 Å². The summed E-state index contributed by atoms with van der Waals surface area (Å²) < 4.78 is 6.28. The molecule has 0 unspecified atom stereocenters. The van der Waals surface area contributed by atoms with Crippen LogP contribution in [0.25, 0.3) is 17.4 Å². The van der Waals surface area contributed by atoms with Crippen LogP contribution in [0.2, 0.25) is 0 Å². The maximum Gasteiger partial charge on any atom is 0.280 e. The fraction of sp³-hybridized carbons (Fsp3) is 0.130. The van der Waals surface area contributed by atoms with Crippen molar-refractivity contribution >= 4 is 51.7 Å². The summed E-state index contributed by atoms with van der Waals surface area (Å²) in [7, 11) is 0. The zero-order valence-electron chi connectivity index (χ0n) is 17.0. The van der Waals surface area contributed by atoms with E-state index >= 15 is 0 Å². The number of rotatable bonds is 4. The van der Waals surface area contributed by atoms with Crippen molar-refractivity contribution in [1.82, 2.24) is 0 Å². The SMILES string of the molecule is Cc1ccc(-c2ccc(/C=C3/SC(=S)N(c4c(C)cccc4C)C3=O)o2)c([N+](=O)[O-])c1. The molecule has 1 aromatic heterocycles. The molecular weight excluding hydrogens is 432 g/mol.